The summed E-state index contributed by atoms with van der Waals surface area (Å²) in [5.74, 6) is 1.62. The number of aromatic nitrogens is 2. The Morgan fingerprint density at radius 2 is 1.81 bits per heavy atom. The largest absolute Gasteiger partial charge is 0.493 e. The van der Waals surface area contributed by atoms with Crippen molar-refractivity contribution in [2.75, 3.05) is 14.2 Å². The van der Waals surface area contributed by atoms with Crippen LogP contribution in [0.1, 0.15) is 27.8 Å². The summed E-state index contributed by atoms with van der Waals surface area (Å²) < 4.78 is 12.4. The lowest BCUT2D eigenvalue weighted by atomic mass is 10.1. The van der Waals surface area contributed by atoms with Crippen LogP contribution in [0.5, 0.6) is 11.5 Å². The van der Waals surface area contributed by atoms with Gasteiger partial charge < -0.3 is 19.4 Å². The molecule has 1 unspecified atom stereocenters. The molecule has 6 nitrogen and oxygen atoms in total. The molecule has 2 aromatic carbocycles. The van der Waals surface area contributed by atoms with Crippen LogP contribution in [0.4, 0.5) is 0 Å². The van der Waals surface area contributed by atoms with Gasteiger partial charge in [0.25, 0.3) is 5.91 Å². The minimum atomic E-state index is -0.364. The molecule has 0 aliphatic carbocycles. The van der Waals surface area contributed by atoms with Gasteiger partial charge in [-0.05, 0) is 23.8 Å². The van der Waals surface area contributed by atoms with Crippen molar-refractivity contribution in [3.05, 3.63) is 77.9 Å². The fourth-order valence-corrected chi connectivity index (χ4v) is 2.79. The van der Waals surface area contributed by atoms with Gasteiger partial charge in [-0.25, -0.2) is 4.98 Å². The van der Waals surface area contributed by atoms with E-state index >= 15 is 0 Å². The Morgan fingerprint density at radius 3 is 2.42 bits per heavy atom. The Kier molecular flexibility index (Phi) is 5.22. The van der Waals surface area contributed by atoms with Crippen molar-refractivity contribution in [3.63, 3.8) is 0 Å². The zero-order chi connectivity index (χ0) is 18.5. The molecule has 3 aromatic rings. The molecule has 0 radical (unpaired) electrons. The van der Waals surface area contributed by atoms with Crippen LogP contribution in [0, 0.1) is 0 Å². The summed E-state index contributed by atoms with van der Waals surface area (Å²) in [6.45, 7) is 0. The van der Waals surface area contributed by atoms with E-state index in [1.807, 2.05) is 48.1 Å². The molecule has 0 fully saturated rings. The zero-order valence-corrected chi connectivity index (χ0v) is 15.0. The quantitative estimate of drug-likeness (QED) is 0.741. The molecule has 6 heteroatoms. The lowest BCUT2D eigenvalue weighted by Gasteiger charge is -2.19. The summed E-state index contributed by atoms with van der Waals surface area (Å²) in [6, 6.07) is 14.5. The van der Waals surface area contributed by atoms with Crippen LogP contribution >= 0.6 is 0 Å². The normalized spacial score (nSPS) is 11.7. The van der Waals surface area contributed by atoms with Crippen molar-refractivity contribution < 1.29 is 14.3 Å². The van der Waals surface area contributed by atoms with Crippen LogP contribution < -0.4 is 14.8 Å². The number of benzene rings is 2. The highest BCUT2D eigenvalue weighted by Gasteiger charge is 2.22. The Hall–Kier alpha value is -3.28. The van der Waals surface area contributed by atoms with E-state index in [1.165, 1.54) is 0 Å². The second-order valence-corrected chi connectivity index (χ2v) is 5.78. The number of nitrogens with zero attached hydrogens (tertiary/aromatic N) is 2. The SMILES string of the molecule is COc1ccc(C(=O)NC(c2ccccc2)c2nccn2C)cc1OC. The maximum absolute atomic E-state index is 12.9. The van der Waals surface area contributed by atoms with Crippen LogP contribution in [-0.4, -0.2) is 29.7 Å². The van der Waals surface area contributed by atoms with E-state index in [2.05, 4.69) is 10.3 Å². The number of nitrogens with one attached hydrogen (secondary N) is 1. The molecule has 0 aliphatic rings. The number of methoxy groups -OCH3 is 2. The Morgan fingerprint density at radius 1 is 1.08 bits per heavy atom. The highest BCUT2D eigenvalue weighted by atomic mass is 16.5. The first kappa shape index (κ1) is 17.5. The monoisotopic (exact) mass is 351 g/mol. The van der Waals surface area contributed by atoms with E-state index < -0.39 is 0 Å². The van der Waals surface area contributed by atoms with E-state index in [0.29, 0.717) is 17.1 Å². The van der Waals surface area contributed by atoms with Crippen molar-refractivity contribution >= 4 is 5.91 Å². The minimum Gasteiger partial charge on any atom is -0.493 e. The molecule has 0 spiro atoms. The van der Waals surface area contributed by atoms with Crippen LogP contribution in [0.3, 0.4) is 0 Å². The molecule has 0 bridgehead atoms. The summed E-state index contributed by atoms with van der Waals surface area (Å²) in [7, 11) is 5.01. The number of aryl methyl sites for hydroxylation is 1. The lowest BCUT2D eigenvalue weighted by molar-refractivity contribution is 0.0940. The molecule has 1 atom stereocenters. The molecule has 3 rings (SSSR count). The molecule has 0 aliphatic heterocycles. The predicted molar refractivity (Wildman–Crippen MR) is 98.5 cm³/mol. The summed E-state index contributed by atoms with van der Waals surface area (Å²) in [5, 5.41) is 3.06. The van der Waals surface area contributed by atoms with Crippen molar-refractivity contribution in [2.24, 2.45) is 7.05 Å². The smallest absolute Gasteiger partial charge is 0.252 e. The Labute approximate surface area is 152 Å². The fourth-order valence-electron chi connectivity index (χ4n) is 2.79. The van der Waals surface area contributed by atoms with E-state index in [9.17, 15) is 4.79 Å². The summed E-state index contributed by atoms with van der Waals surface area (Å²) in [6.07, 6.45) is 3.57. The molecular weight excluding hydrogens is 330 g/mol. The molecule has 1 amide bonds. The number of hydrogen-bond donors (Lipinski definition) is 1. The van der Waals surface area contributed by atoms with Crippen molar-refractivity contribution in [1.29, 1.82) is 0 Å². The van der Waals surface area contributed by atoms with E-state index in [1.54, 1.807) is 38.6 Å². The number of rotatable bonds is 6. The van der Waals surface area contributed by atoms with Crippen LogP contribution in [0.2, 0.25) is 0 Å². The van der Waals surface area contributed by atoms with Crippen LogP contribution in [-0.2, 0) is 7.05 Å². The molecule has 134 valence electrons. The summed E-state index contributed by atoms with van der Waals surface area (Å²) in [5.41, 5.74) is 1.44. The van der Waals surface area contributed by atoms with Gasteiger partial charge >= 0.3 is 0 Å². The van der Waals surface area contributed by atoms with Gasteiger partial charge in [-0.2, -0.15) is 0 Å². The Bertz CT molecular complexity index is 890. The first-order valence-corrected chi connectivity index (χ1v) is 8.19. The van der Waals surface area contributed by atoms with Gasteiger partial charge in [0.05, 0.1) is 14.2 Å². The maximum atomic E-state index is 12.9. The third-order valence-corrected chi connectivity index (χ3v) is 4.17. The van der Waals surface area contributed by atoms with Gasteiger partial charge in [-0.3, -0.25) is 4.79 Å². The van der Waals surface area contributed by atoms with Gasteiger partial charge in [-0.1, -0.05) is 30.3 Å². The topological polar surface area (TPSA) is 65.4 Å². The van der Waals surface area contributed by atoms with Gasteiger partial charge in [0.15, 0.2) is 11.5 Å². The molecule has 1 aromatic heterocycles. The maximum Gasteiger partial charge on any atom is 0.252 e. The standard InChI is InChI=1S/C20H21N3O3/c1-23-12-11-21-19(23)18(14-7-5-4-6-8-14)22-20(24)15-9-10-16(25-2)17(13-15)26-3/h4-13,18H,1-3H3,(H,22,24). The lowest BCUT2D eigenvalue weighted by Crippen LogP contribution is -2.31. The van der Waals surface area contributed by atoms with Crippen LogP contribution in [0.15, 0.2) is 60.9 Å². The van der Waals surface area contributed by atoms with Gasteiger partial charge in [0, 0.05) is 25.0 Å². The van der Waals surface area contributed by atoms with Crippen molar-refractivity contribution in [2.45, 2.75) is 6.04 Å². The number of ether oxygens (including phenoxy) is 2. The number of imidazole rings is 1. The van der Waals surface area contributed by atoms with Gasteiger partial charge in [0.1, 0.15) is 11.9 Å². The van der Waals surface area contributed by atoms with E-state index in [4.69, 9.17) is 9.47 Å². The highest BCUT2D eigenvalue weighted by molar-refractivity contribution is 5.95. The fraction of sp³-hybridized carbons (Fsp3) is 0.200. The molecule has 1 N–H and O–H groups in total. The number of amides is 1. The first-order chi connectivity index (χ1) is 12.6. The van der Waals surface area contributed by atoms with Crippen LogP contribution in [0.25, 0.3) is 0 Å². The van der Waals surface area contributed by atoms with Gasteiger partial charge in [-0.15, -0.1) is 0 Å². The first-order valence-electron chi connectivity index (χ1n) is 8.19. The zero-order valence-electron chi connectivity index (χ0n) is 15.0. The molecule has 26 heavy (non-hydrogen) atoms. The number of carbonyl (C=O) groups excluding carboxylic acids is 1. The van der Waals surface area contributed by atoms with Gasteiger partial charge in [0.2, 0.25) is 0 Å². The number of carbonyl (C=O) groups is 1. The summed E-state index contributed by atoms with van der Waals surface area (Å²) >= 11 is 0. The van der Waals surface area contributed by atoms with Crippen molar-refractivity contribution in [3.8, 4) is 11.5 Å². The second-order valence-electron chi connectivity index (χ2n) is 5.78. The average molecular weight is 351 g/mol. The minimum absolute atomic E-state index is 0.220. The second kappa shape index (κ2) is 7.74. The third kappa shape index (κ3) is 3.54. The molecule has 0 saturated heterocycles. The third-order valence-electron chi connectivity index (χ3n) is 4.17. The molecule has 1 heterocycles. The summed E-state index contributed by atoms with van der Waals surface area (Å²) in [4.78, 5) is 17.3. The van der Waals surface area contributed by atoms with E-state index in [-0.39, 0.29) is 11.9 Å². The Balaban J connectivity index is 1.92. The highest BCUT2D eigenvalue weighted by Crippen LogP contribution is 2.28. The number of hydrogen-bond acceptors (Lipinski definition) is 4. The predicted octanol–water partition coefficient (Wildman–Crippen LogP) is 2.96. The molecular formula is C20H21N3O3. The average Bonchev–Trinajstić information content (AvgIpc) is 3.11. The van der Waals surface area contributed by atoms with Crippen molar-refractivity contribution in [1.82, 2.24) is 14.9 Å². The molecule has 0 saturated carbocycles. The van der Waals surface area contributed by atoms with E-state index in [0.717, 1.165) is 11.4 Å².